The fourth-order valence-corrected chi connectivity index (χ4v) is 2.34. The van der Waals surface area contributed by atoms with Crippen LogP contribution >= 0.6 is 11.6 Å². The number of halogens is 2. The van der Waals surface area contributed by atoms with Crippen LogP contribution in [0.3, 0.4) is 0 Å². The molecule has 0 spiro atoms. The van der Waals surface area contributed by atoms with Crippen molar-refractivity contribution in [2.45, 2.75) is 13.0 Å². The number of carbonyl (C=O) groups excluding carboxylic acids is 1. The highest BCUT2D eigenvalue weighted by molar-refractivity contribution is 6.31. The predicted octanol–water partition coefficient (Wildman–Crippen LogP) is 4.07. The summed E-state index contributed by atoms with van der Waals surface area (Å²) in [6, 6.07) is 15.0. The number of para-hydroxylation sites is 1. The number of carbonyl (C=O) groups is 1. The fraction of sp³-hybridized carbons (Fsp3) is 0.111. The molecule has 0 aliphatic rings. The summed E-state index contributed by atoms with van der Waals surface area (Å²) < 4.78 is 20.3. The van der Waals surface area contributed by atoms with E-state index in [-0.39, 0.29) is 10.9 Å². The zero-order chi connectivity index (χ0) is 17.8. The first-order valence-electron chi connectivity index (χ1n) is 7.56. The van der Waals surface area contributed by atoms with E-state index in [1.807, 2.05) is 30.3 Å². The third-order valence-corrected chi connectivity index (χ3v) is 3.67. The van der Waals surface area contributed by atoms with Gasteiger partial charge in [0.15, 0.2) is 6.10 Å². The Morgan fingerprint density at radius 3 is 2.72 bits per heavy atom. The zero-order valence-electron chi connectivity index (χ0n) is 13.3. The van der Waals surface area contributed by atoms with Crippen molar-refractivity contribution in [2.75, 3.05) is 5.32 Å². The van der Waals surface area contributed by atoms with Crippen LogP contribution in [0.2, 0.25) is 5.02 Å². The van der Waals surface area contributed by atoms with Gasteiger partial charge >= 0.3 is 0 Å². The van der Waals surface area contributed by atoms with E-state index in [2.05, 4.69) is 10.4 Å². The second kappa shape index (κ2) is 7.36. The van der Waals surface area contributed by atoms with Crippen molar-refractivity contribution in [1.29, 1.82) is 0 Å². The van der Waals surface area contributed by atoms with Crippen LogP contribution < -0.4 is 10.1 Å². The Bertz CT molecular complexity index is 883. The van der Waals surface area contributed by atoms with Crippen molar-refractivity contribution in [1.82, 2.24) is 9.78 Å². The molecular formula is C18H15ClFN3O2. The second-order valence-electron chi connectivity index (χ2n) is 5.32. The molecule has 1 amide bonds. The standard InChI is InChI=1S/C18H15ClFN3O2/c1-12(17(24)21-14-7-5-6-13(20)10-14)25-18-16(19)11-23(22-18)15-8-3-2-4-9-15/h2-12H,1H3,(H,21,24). The Labute approximate surface area is 149 Å². The van der Waals surface area contributed by atoms with E-state index in [4.69, 9.17) is 16.3 Å². The molecular weight excluding hydrogens is 345 g/mol. The van der Waals surface area contributed by atoms with Crippen molar-refractivity contribution in [3.63, 3.8) is 0 Å². The lowest BCUT2D eigenvalue weighted by Crippen LogP contribution is -2.30. The van der Waals surface area contributed by atoms with Gasteiger partial charge in [0.25, 0.3) is 11.8 Å². The van der Waals surface area contributed by atoms with Crippen molar-refractivity contribution in [3.05, 3.63) is 71.6 Å². The summed E-state index contributed by atoms with van der Waals surface area (Å²) in [5.74, 6) is -0.723. The molecule has 0 fully saturated rings. The van der Waals surface area contributed by atoms with Gasteiger partial charge < -0.3 is 10.1 Å². The van der Waals surface area contributed by atoms with Crippen LogP contribution in [0.1, 0.15) is 6.92 Å². The first-order valence-corrected chi connectivity index (χ1v) is 7.94. The maximum atomic E-state index is 13.2. The van der Waals surface area contributed by atoms with Gasteiger partial charge in [0, 0.05) is 5.69 Å². The summed E-state index contributed by atoms with van der Waals surface area (Å²) in [7, 11) is 0. The number of aromatic nitrogens is 2. The smallest absolute Gasteiger partial charge is 0.265 e. The number of amides is 1. The zero-order valence-corrected chi connectivity index (χ0v) is 14.1. The summed E-state index contributed by atoms with van der Waals surface area (Å²) in [5, 5.41) is 7.11. The van der Waals surface area contributed by atoms with Gasteiger partial charge in [-0.3, -0.25) is 4.79 Å². The molecule has 25 heavy (non-hydrogen) atoms. The van der Waals surface area contributed by atoms with Crippen LogP contribution in [0.25, 0.3) is 5.69 Å². The first kappa shape index (κ1) is 17.0. The highest BCUT2D eigenvalue weighted by atomic mass is 35.5. The Kier molecular flexibility index (Phi) is 5.00. The van der Waals surface area contributed by atoms with E-state index in [1.54, 1.807) is 23.9 Å². The lowest BCUT2D eigenvalue weighted by molar-refractivity contribution is -0.122. The van der Waals surface area contributed by atoms with E-state index in [0.29, 0.717) is 5.69 Å². The quantitative estimate of drug-likeness (QED) is 0.747. The number of ether oxygens (including phenoxy) is 1. The van der Waals surface area contributed by atoms with E-state index in [0.717, 1.165) is 5.69 Å². The number of rotatable bonds is 5. The van der Waals surface area contributed by atoms with E-state index in [1.165, 1.54) is 18.2 Å². The first-order chi connectivity index (χ1) is 12.0. The highest BCUT2D eigenvalue weighted by Crippen LogP contribution is 2.25. The van der Waals surface area contributed by atoms with Gasteiger partial charge in [0.05, 0.1) is 11.9 Å². The average Bonchev–Trinajstić information content (AvgIpc) is 2.96. The predicted molar refractivity (Wildman–Crippen MR) is 93.7 cm³/mol. The molecule has 3 rings (SSSR count). The van der Waals surface area contributed by atoms with Crippen LogP contribution in [0.15, 0.2) is 60.8 Å². The maximum absolute atomic E-state index is 13.2. The largest absolute Gasteiger partial charge is 0.462 e. The minimum atomic E-state index is -0.861. The van der Waals surface area contributed by atoms with E-state index < -0.39 is 17.8 Å². The van der Waals surface area contributed by atoms with Gasteiger partial charge in [-0.15, -0.1) is 5.10 Å². The van der Waals surface area contributed by atoms with Crippen LogP contribution in [-0.2, 0) is 4.79 Å². The van der Waals surface area contributed by atoms with Gasteiger partial charge in [-0.2, -0.15) is 0 Å². The Morgan fingerprint density at radius 2 is 2.00 bits per heavy atom. The molecule has 5 nitrogen and oxygen atoms in total. The van der Waals surface area contributed by atoms with Gasteiger partial charge in [0.1, 0.15) is 10.8 Å². The molecule has 1 N–H and O–H groups in total. The monoisotopic (exact) mass is 359 g/mol. The molecule has 2 aromatic carbocycles. The van der Waals surface area contributed by atoms with Crippen LogP contribution in [0, 0.1) is 5.82 Å². The molecule has 0 radical (unpaired) electrons. The molecule has 7 heteroatoms. The number of nitrogens with zero attached hydrogens (tertiary/aromatic N) is 2. The lowest BCUT2D eigenvalue weighted by Gasteiger charge is -2.13. The SMILES string of the molecule is CC(Oc1nn(-c2ccccc2)cc1Cl)C(=O)Nc1cccc(F)c1. The summed E-state index contributed by atoms with van der Waals surface area (Å²) in [5.41, 5.74) is 1.16. The summed E-state index contributed by atoms with van der Waals surface area (Å²) in [6.07, 6.45) is 0.739. The molecule has 0 aliphatic carbocycles. The van der Waals surface area contributed by atoms with Crippen molar-refractivity contribution >= 4 is 23.2 Å². The molecule has 0 saturated heterocycles. The third-order valence-electron chi connectivity index (χ3n) is 3.41. The average molecular weight is 360 g/mol. The second-order valence-corrected chi connectivity index (χ2v) is 5.73. The van der Waals surface area contributed by atoms with Crippen LogP contribution in [-0.4, -0.2) is 21.8 Å². The molecule has 0 bridgehead atoms. The van der Waals surface area contributed by atoms with Crippen molar-refractivity contribution in [2.24, 2.45) is 0 Å². The Balaban J connectivity index is 1.69. The van der Waals surface area contributed by atoms with Crippen molar-refractivity contribution < 1.29 is 13.9 Å². The summed E-state index contributed by atoms with van der Waals surface area (Å²) in [4.78, 5) is 12.2. The Morgan fingerprint density at radius 1 is 1.24 bits per heavy atom. The van der Waals surface area contributed by atoms with Crippen LogP contribution in [0.4, 0.5) is 10.1 Å². The molecule has 1 atom stereocenters. The number of hydrogen-bond donors (Lipinski definition) is 1. The highest BCUT2D eigenvalue weighted by Gasteiger charge is 2.19. The van der Waals surface area contributed by atoms with Gasteiger partial charge in [-0.25, -0.2) is 9.07 Å². The molecule has 3 aromatic rings. The number of benzene rings is 2. The molecule has 1 unspecified atom stereocenters. The third kappa shape index (κ3) is 4.16. The number of anilines is 1. The lowest BCUT2D eigenvalue weighted by atomic mass is 10.3. The molecule has 0 saturated carbocycles. The van der Waals surface area contributed by atoms with E-state index in [9.17, 15) is 9.18 Å². The normalized spacial score (nSPS) is 11.8. The minimum absolute atomic E-state index is 0.146. The number of nitrogens with one attached hydrogen (secondary N) is 1. The Hall–Kier alpha value is -2.86. The number of hydrogen-bond acceptors (Lipinski definition) is 3. The topological polar surface area (TPSA) is 56.2 Å². The molecule has 1 aromatic heterocycles. The van der Waals surface area contributed by atoms with Gasteiger partial charge in [-0.1, -0.05) is 35.9 Å². The van der Waals surface area contributed by atoms with Crippen molar-refractivity contribution in [3.8, 4) is 11.6 Å². The van der Waals surface area contributed by atoms with Gasteiger partial charge in [0.2, 0.25) is 0 Å². The van der Waals surface area contributed by atoms with E-state index >= 15 is 0 Å². The summed E-state index contributed by atoms with van der Waals surface area (Å²) >= 11 is 6.13. The van der Waals surface area contributed by atoms with Crippen LogP contribution in [0.5, 0.6) is 5.88 Å². The van der Waals surface area contributed by atoms with Gasteiger partial charge in [-0.05, 0) is 37.3 Å². The fourth-order valence-electron chi connectivity index (χ4n) is 2.16. The minimum Gasteiger partial charge on any atom is -0.462 e. The molecule has 1 heterocycles. The molecule has 128 valence electrons. The molecule has 0 aliphatic heterocycles. The maximum Gasteiger partial charge on any atom is 0.265 e. The summed E-state index contributed by atoms with van der Waals surface area (Å²) in [6.45, 7) is 1.56.